The number of hydrogen-bond donors (Lipinski definition) is 0. The van der Waals surface area contributed by atoms with Crippen LogP contribution in [0.3, 0.4) is 0 Å². The molecule has 104 valence electrons. The topological polar surface area (TPSA) is 38.1 Å². The van der Waals surface area contributed by atoms with E-state index in [2.05, 4.69) is 5.10 Å². The van der Waals surface area contributed by atoms with Gasteiger partial charge >= 0.3 is 0 Å². The molecule has 4 nitrogen and oxygen atoms in total. The van der Waals surface area contributed by atoms with E-state index in [0.29, 0.717) is 18.4 Å². The monoisotopic (exact) mass is 261 g/mol. The summed E-state index contributed by atoms with van der Waals surface area (Å²) in [6.45, 7) is 0.663. The van der Waals surface area contributed by atoms with Gasteiger partial charge in [-0.25, -0.2) is 0 Å². The molecule has 0 aliphatic heterocycles. The van der Waals surface area contributed by atoms with E-state index in [0.717, 1.165) is 24.0 Å². The maximum absolute atomic E-state index is 12.3. The lowest BCUT2D eigenvalue weighted by Crippen LogP contribution is -2.30. The molecule has 1 aromatic heterocycles. The molecule has 1 aromatic rings. The Kier molecular flexibility index (Phi) is 3.33. The molecule has 3 rings (SSSR count). The normalized spacial score (nSPS) is 28.8. The number of aromatic nitrogens is 2. The van der Waals surface area contributed by atoms with Crippen LogP contribution in [-0.2, 0) is 18.4 Å². The fraction of sp³-hybridized carbons (Fsp3) is 0.733. The molecule has 0 saturated heterocycles. The highest BCUT2D eigenvalue weighted by atomic mass is 16.2. The van der Waals surface area contributed by atoms with Gasteiger partial charge in [0.25, 0.3) is 0 Å². The highest BCUT2D eigenvalue weighted by Gasteiger charge is 2.40. The van der Waals surface area contributed by atoms with E-state index in [1.54, 1.807) is 6.20 Å². The Morgan fingerprint density at radius 2 is 2.32 bits per heavy atom. The van der Waals surface area contributed by atoms with Crippen molar-refractivity contribution >= 4 is 5.91 Å². The Labute approximate surface area is 114 Å². The summed E-state index contributed by atoms with van der Waals surface area (Å²) in [4.78, 5) is 14.2. The molecular formula is C15H23N3O. The molecule has 2 aliphatic carbocycles. The van der Waals surface area contributed by atoms with Crippen LogP contribution in [0.1, 0.15) is 37.8 Å². The predicted octanol–water partition coefficient (Wildman–Crippen LogP) is 2.20. The van der Waals surface area contributed by atoms with Crippen LogP contribution in [-0.4, -0.2) is 27.6 Å². The summed E-state index contributed by atoms with van der Waals surface area (Å²) in [6, 6.07) is 1.97. The van der Waals surface area contributed by atoms with Crippen LogP contribution >= 0.6 is 0 Å². The highest BCUT2D eigenvalue weighted by Crippen LogP contribution is 2.49. The Bertz CT molecular complexity index is 468. The second kappa shape index (κ2) is 4.99. The number of hydrogen-bond acceptors (Lipinski definition) is 2. The van der Waals surface area contributed by atoms with Crippen molar-refractivity contribution < 1.29 is 4.79 Å². The van der Waals surface area contributed by atoms with Crippen molar-refractivity contribution in [3.63, 3.8) is 0 Å². The summed E-state index contributed by atoms with van der Waals surface area (Å²) < 4.78 is 1.83. The molecule has 2 aliphatic rings. The standard InChI is InChI=1S/C15H23N3O/c1-17(10-14-5-6-16-18(14)2)15(19)9-13-8-11-3-4-12(13)7-11/h5-6,11-13H,3-4,7-10H2,1-2H3. The third-order valence-electron chi connectivity index (χ3n) is 5.07. The molecule has 0 aromatic carbocycles. The van der Waals surface area contributed by atoms with Crippen molar-refractivity contribution in [2.75, 3.05) is 7.05 Å². The quantitative estimate of drug-likeness (QED) is 0.833. The fourth-order valence-electron chi connectivity index (χ4n) is 3.89. The van der Waals surface area contributed by atoms with Gasteiger partial charge in [0.15, 0.2) is 0 Å². The molecule has 19 heavy (non-hydrogen) atoms. The molecule has 4 heteroatoms. The van der Waals surface area contributed by atoms with Gasteiger partial charge in [-0.1, -0.05) is 6.42 Å². The van der Waals surface area contributed by atoms with Crippen LogP contribution in [0, 0.1) is 17.8 Å². The van der Waals surface area contributed by atoms with Gasteiger partial charge in [-0.2, -0.15) is 5.10 Å². The number of carbonyl (C=O) groups is 1. The molecule has 2 saturated carbocycles. The Balaban J connectivity index is 1.54. The molecule has 1 amide bonds. The van der Waals surface area contributed by atoms with E-state index in [1.165, 1.54) is 25.7 Å². The van der Waals surface area contributed by atoms with Crippen molar-refractivity contribution in [3.05, 3.63) is 18.0 Å². The summed E-state index contributed by atoms with van der Waals surface area (Å²) in [6.07, 6.45) is 7.95. The Morgan fingerprint density at radius 1 is 1.47 bits per heavy atom. The molecule has 3 atom stereocenters. The van der Waals surface area contributed by atoms with Crippen LogP contribution in [0.4, 0.5) is 0 Å². The molecule has 3 unspecified atom stereocenters. The summed E-state index contributed by atoms with van der Waals surface area (Å²) in [5.41, 5.74) is 1.09. The lowest BCUT2D eigenvalue weighted by molar-refractivity contribution is -0.131. The first-order valence-corrected chi connectivity index (χ1v) is 7.34. The predicted molar refractivity (Wildman–Crippen MR) is 73.2 cm³/mol. The van der Waals surface area contributed by atoms with Gasteiger partial charge in [-0.05, 0) is 43.1 Å². The zero-order chi connectivity index (χ0) is 13.4. The zero-order valence-electron chi connectivity index (χ0n) is 11.9. The summed E-state index contributed by atoms with van der Waals surface area (Å²) in [7, 11) is 3.83. The third-order valence-corrected chi connectivity index (χ3v) is 5.07. The average Bonchev–Trinajstić information content (AvgIpc) is 3.07. The highest BCUT2D eigenvalue weighted by molar-refractivity contribution is 5.76. The van der Waals surface area contributed by atoms with Crippen molar-refractivity contribution in [1.29, 1.82) is 0 Å². The number of nitrogens with zero attached hydrogens (tertiary/aromatic N) is 3. The molecule has 2 bridgehead atoms. The van der Waals surface area contributed by atoms with Crippen molar-refractivity contribution in [3.8, 4) is 0 Å². The van der Waals surface area contributed by atoms with Gasteiger partial charge < -0.3 is 4.90 Å². The van der Waals surface area contributed by atoms with Gasteiger partial charge in [-0.3, -0.25) is 9.48 Å². The van der Waals surface area contributed by atoms with E-state index >= 15 is 0 Å². The number of rotatable bonds is 4. The minimum atomic E-state index is 0.291. The van der Waals surface area contributed by atoms with Gasteiger partial charge in [0.2, 0.25) is 5.91 Å². The minimum absolute atomic E-state index is 0.291. The van der Waals surface area contributed by atoms with Gasteiger partial charge in [0, 0.05) is 26.7 Å². The van der Waals surface area contributed by atoms with Crippen molar-refractivity contribution in [1.82, 2.24) is 14.7 Å². The molecule has 0 radical (unpaired) electrons. The second-order valence-corrected chi connectivity index (χ2v) is 6.34. The van der Waals surface area contributed by atoms with Crippen LogP contribution < -0.4 is 0 Å². The van der Waals surface area contributed by atoms with Crippen LogP contribution in [0.5, 0.6) is 0 Å². The lowest BCUT2D eigenvalue weighted by atomic mass is 9.86. The van der Waals surface area contributed by atoms with Crippen LogP contribution in [0.2, 0.25) is 0 Å². The fourth-order valence-corrected chi connectivity index (χ4v) is 3.89. The first kappa shape index (κ1) is 12.7. The van der Waals surface area contributed by atoms with Gasteiger partial charge in [-0.15, -0.1) is 0 Å². The van der Waals surface area contributed by atoms with Gasteiger partial charge in [0.1, 0.15) is 0 Å². The largest absolute Gasteiger partial charge is 0.340 e. The summed E-state index contributed by atoms with van der Waals surface area (Å²) in [5.74, 6) is 2.70. The number of amides is 1. The first-order valence-electron chi connectivity index (χ1n) is 7.34. The molecular weight excluding hydrogens is 238 g/mol. The van der Waals surface area contributed by atoms with Crippen LogP contribution in [0.15, 0.2) is 12.3 Å². The summed E-state index contributed by atoms with van der Waals surface area (Å²) in [5, 5.41) is 4.14. The maximum Gasteiger partial charge on any atom is 0.222 e. The smallest absolute Gasteiger partial charge is 0.222 e. The minimum Gasteiger partial charge on any atom is -0.340 e. The van der Waals surface area contributed by atoms with Crippen LogP contribution in [0.25, 0.3) is 0 Å². The molecule has 1 heterocycles. The van der Waals surface area contributed by atoms with Gasteiger partial charge in [0.05, 0.1) is 12.2 Å². The SMILES string of the molecule is CN(Cc1ccnn1C)C(=O)CC1CC2CCC1C2. The Morgan fingerprint density at radius 3 is 2.89 bits per heavy atom. The second-order valence-electron chi connectivity index (χ2n) is 6.34. The lowest BCUT2D eigenvalue weighted by Gasteiger charge is -2.24. The van der Waals surface area contributed by atoms with E-state index in [4.69, 9.17) is 0 Å². The Hall–Kier alpha value is -1.32. The molecule has 0 N–H and O–H groups in total. The van der Waals surface area contributed by atoms with Crippen molar-refractivity contribution in [2.24, 2.45) is 24.8 Å². The average molecular weight is 261 g/mol. The third kappa shape index (κ3) is 2.53. The summed E-state index contributed by atoms with van der Waals surface area (Å²) >= 11 is 0. The number of carbonyl (C=O) groups excluding carboxylic acids is 1. The molecule has 2 fully saturated rings. The van der Waals surface area contributed by atoms with E-state index in [-0.39, 0.29) is 0 Å². The first-order chi connectivity index (χ1) is 9.13. The van der Waals surface area contributed by atoms with Crippen molar-refractivity contribution in [2.45, 2.75) is 38.6 Å². The van der Waals surface area contributed by atoms with E-state index in [9.17, 15) is 4.79 Å². The van der Waals surface area contributed by atoms with E-state index in [1.807, 2.05) is 29.7 Å². The number of aryl methyl sites for hydroxylation is 1. The number of fused-ring (bicyclic) bond motifs is 2. The zero-order valence-corrected chi connectivity index (χ0v) is 11.9. The van der Waals surface area contributed by atoms with E-state index < -0.39 is 0 Å². The molecule has 0 spiro atoms. The maximum atomic E-state index is 12.3.